The van der Waals surface area contributed by atoms with Crippen molar-refractivity contribution >= 4 is 62.4 Å². The molecule has 8 heteroatoms. The Morgan fingerprint density at radius 1 is 0.902 bits per heavy atom. The lowest BCUT2D eigenvalue weighted by Gasteiger charge is -2.09. The average molecular weight is 585 g/mol. The molecule has 0 spiro atoms. The summed E-state index contributed by atoms with van der Waals surface area (Å²) >= 11 is 7.56. The molecule has 0 aliphatic heterocycles. The molecule has 0 aliphatic rings. The highest BCUT2D eigenvalue weighted by atomic mass is 35.5. The quantitative estimate of drug-likeness (QED) is 0.0564. The van der Waals surface area contributed by atoms with E-state index in [-0.39, 0.29) is 17.3 Å². The second-order valence-corrected chi connectivity index (χ2v) is 11.1. The normalized spacial score (nSPS) is 12.5. The van der Waals surface area contributed by atoms with E-state index in [1.807, 2.05) is 72.8 Å². The number of thioether (sulfide) groups is 1. The number of oxime groups is 1. The van der Waals surface area contributed by atoms with E-state index >= 15 is 0 Å². The molecule has 41 heavy (non-hydrogen) atoms. The van der Waals surface area contributed by atoms with Crippen LogP contribution in [0.5, 0.6) is 0 Å². The molecule has 5 aromatic rings. The minimum atomic E-state index is -1.15. The number of Topliss-reactive ketones (excluding diaryl/α,β-unsaturated/α-hetero) is 1. The SMILES string of the molecule is CCn1c2ccc(C(=O)/C(CCSc3ccc(Cl)cc3)=N/OC(C)O)cc2c2cc(C(=O)c3ccccc3)ccc21. The van der Waals surface area contributed by atoms with E-state index in [0.717, 1.165) is 33.2 Å². The van der Waals surface area contributed by atoms with Crippen molar-refractivity contribution in [1.82, 2.24) is 4.57 Å². The van der Waals surface area contributed by atoms with Crippen LogP contribution in [0.25, 0.3) is 21.8 Å². The Labute approximate surface area is 247 Å². The predicted octanol–water partition coefficient (Wildman–Crippen LogP) is 7.77. The van der Waals surface area contributed by atoms with Crippen LogP contribution in [-0.4, -0.2) is 39.0 Å². The lowest BCUT2D eigenvalue weighted by molar-refractivity contribution is -0.0837. The van der Waals surface area contributed by atoms with Crippen molar-refractivity contribution in [3.8, 4) is 0 Å². The number of halogens is 1. The van der Waals surface area contributed by atoms with Gasteiger partial charge in [0.15, 0.2) is 5.78 Å². The number of hydrogen-bond donors (Lipinski definition) is 1. The van der Waals surface area contributed by atoms with Crippen molar-refractivity contribution < 1.29 is 19.5 Å². The van der Waals surface area contributed by atoms with Crippen LogP contribution in [0.1, 0.15) is 46.5 Å². The standard InChI is InChI=1S/C33H29ClN2O4S/c1-3-36-30-15-9-23(32(38)22-7-5-4-6-8-22)19-27(30)28-20-24(10-16-31(28)36)33(39)29(35-40-21(2)37)17-18-41-26-13-11-25(34)12-14-26/h4-16,19-21,37H,3,17-18H2,1-2H3/b35-29+. The van der Waals surface area contributed by atoms with Gasteiger partial charge < -0.3 is 14.5 Å². The summed E-state index contributed by atoms with van der Waals surface area (Å²) in [6, 6.07) is 28.0. The maximum atomic E-state index is 13.7. The van der Waals surface area contributed by atoms with Crippen LogP contribution < -0.4 is 0 Å². The summed E-state index contributed by atoms with van der Waals surface area (Å²) < 4.78 is 2.17. The number of ketones is 2. The van der Waals surface area contributed by atoms with Crippen molar-refractivity contribution in [1.29, 1.82) is 0 Å². The zero-order valence-corrected chi connectivity index (χ0v) is 24.3. The van der Waals surface area contributed by atoms with E-state index in [0.29, 0.717) is 33.9 Å². The first-order valence-corrected chi connectivity index (χ1v) is 14.7. The molecular formula is C33H29ClN2O4S. The molecule has 6 nitrogen and oxygen atoms in total. The Kier molecular flexibility index (Phi) is 8.88. The van der Waals surface area contributed by atoms with Gasteiger partial charge >= 0.3 is 0 Å². The molecule has 0 radical (unpaired) electrons. The molecule has 1 N–H and O–H groups in total. The fourth-order valence-corrected chi connectivity index (χ4v) is 5.77. The highest BCUT2D eigenvalue weighted by Gasteiger charge is 2.20. The molecule has 1 atom stereocenters. The topological polar surface area (TPSA) is 80.9 Å². The monoisotopic (exact) mass is 584 g/mol. The first-order chi connectivity index (χ1) is 19.9. The lowest BCUT2D eigenvalue weighted by Crippen LogP contribution is -2.17. The number of aliphatic hydroxyl groups is 1. The van der Waals surface area contributed by atoms with E-state index in [9.17, 15) is 14.7 Å². The largest absolute Gasteiger partial charge is 0.364 e. The van der Waals surface area contributed by atoms with Gasteiger partial charge in [0.2, 0.25) is 12.1 Å². The van der Waals surface area contributed by atoms with Gasteiger partial charge in [0, 0.05) is 74.1 Å². The van der Waals surface area contributed by atoms with Gasteiger partial charge in [-0.15, -0.1) is 11.8 Å². The molecule has 4 aromatic carbocycles. The molecule has 0 bridgehead atoms. The predicted molar refractivity (Wildman–Crippen MR) is 166 cm³/mol. The number of hydrogen-bond acceptors (Lipinski definition) is 6. The Morgan fingerprint density at radius 3 is 2.17 bits per heavy atom. The molecule has 1 aromatic heterocycles. The second-order valence-electron chi connectivity index (χ2n) is 9.53. The third kappa shape index (κ3) is 6.38. The van der Waals surface area contributed by atoms with Crippen molar-refractivity contribution in [2.45, 2.75) is 38.0 Å². The van der Waals surface area contributed by atoms with E-state index in [1.165, 1.54) is 6.92 Å². The Bertz CT molecular complexity index is 1740. The first-order valence-electron chi connectivity index (χ1n) is 13.3. The minimum absolute atomic E-state index is 0.0555. The summed E-state index contributed by atoms with van der Waals surface area (Å²) in [6.07, 6.45) is -0.809. The summed E-state index contributed by atoms with van der Waals surface area (Å²) in [5.74, 6) is 0.246. The summed E-state index contributed by atoms with van der Waals surface area (Å²) in [4.78, 5) is 33.0. The summed E-state index contributed by atoms with van der Waals surface area (Å²) in [6.45, 7) is 4.24. The highest BCUT2D eigenvalue weighted by molar-refractivity contribution is 7.99. The van der Waals surface area contributed by atoms with Crippen LogP contribution in [0, 0.1) is 0 Å². The molecule has 0 saturated heterocycles. The van der Waals surface area contributed by atoms with E-state index in [2.05, 4.69) is 16.6 Å². The van der Waals surface area contributed by atoms with Crippen molar-refractivity contribution in [3.05, 3.63) is 113 Å². The molecule has 0 aliphatic carbocycles. The number of carbonyl (C=O) groups is 2. The average Bonchev–Trinajstić information content (AvgIpc) is 3.31. The number of aromatic nitrogens is 1. The molecule has 0 saturated carbocycles. The summed E-state index contributed by atoms with van der Waals surface area (Å²) in [5.41, 5.74) is 3.84. The van der Waals surface area contributed by atoms with Crippen LogP contribution in [0.3, 0.4) is 0 Å². The summed E-state index contributed by atoms with van der Waals surface area (Å²) in [5, 5.41) is 16.1. The smallest absolute Gasteiger partial charge is 0.221 e. The molecule has 1 unspecified atom stereocenters. The molecule has 208 valence electrons. The maximum absolute atomic E-state index is 13.7. The Morgan fingerprint density at radius 2 is 1.54 bits per heavy atom. The number of nitrogens with zero attached hydrogens (tertiary/aromatic N) is 2. The third-order valence-corrected chi connectivity index (χ3v) is 8.01. The first kappa shape index (κ1) is 28.6. The number of rotatable bonds is 11. The Hall–Kier alpha value is -3.91. The summed E-state index contributed by atoms with van der Waals surface area (Å²) in [7, 11) is 0. The van der Waals surface area contributed by atoms with Gasteiger partial charge in [-0.2, -0.15) is 0 Å². The number of fused-ring (bicyclic) bond motifs is 3. The van der Waals surface area contributed by atoms with Gasteiger partial charge in [-0.05, 0) is 67.6 Å². The van der Waals surface area contributed by atoms with E-state index in [1.54, 1.807) is 30.0 Å². The molecule has 1 heterocycles. The number of benzene rings is 4. The molecular weight excluding hydrogens is 556 g/mol. The van der Waals surface area contributed by atoms with Gasteiger partial charge in [-0.3, -0.25) is 9.59 Å². The van der Waals surface area contributed by atoms with Gasteiger partial charge in [0.05, 0.1) is 0 Å². The lowest BCUT2D eigenvalue weighted by atomic mass is 9.99. The minimum Gasteiger partial charge on any atom is -0.364 e. The van der Waals surface area contributed by atoms with Gasteiger partial charge in [-0.1, -0.05) is 47.1 Å². The second kappa shape index (κ2) is 12.7. The van der Waals surface area contributed by atoms with Crippen LogP contribution in [0.4, 0.5) is 0 Å². The highest BCUT2D eigenvalue weighted by Crippen LogP contribution is 2.32. The van der Waals surface area contributed by atoms with Crippen LogP contribution >= 0.6 is 23.4 Å². The van der Waals surface area contributed by atoms with Gasteiger partial charge in [0.25, 0.3) is 0 Å². The zero-order valence-electron chi connectivity index (χ0n) is 22.7. The van der Waals surface area contributed by atoms with Gasteiger partial charge in [0.1, 0.15) is 5.71 Å². The van der Waals surface area contributed by atoms with Crippen molar-refractivity contribution in [2.75, 3.05) is 5.75 Å². The third-order valence-electron chi connectivity index (χ3n) is 6.74. The van der Waals surface area contributed by atoms with Crippen LogP contribution in [0.15, 0.2) is 101 Å². The molecule has 5 rings (SSSR count). The fraction of sp³-hybridized carbons (Fsp3) is 0.182. The number of aliphatic hydroxyl groups excluding tert-OH is 1. The van der Waals surface area contributed by atoms with Crippen molar-refractivity contribution in [2.24, 2.45) is 5.16 Å². The fourth-order valence-electron chi connectivity index (χ4n) is 4.79. The number of aryl methyl sites for hydroxylation is 1. The van der Waals surface area contributed by atoms with Crippen LogP contribution in [0.2, 0.25) is 5.02 Å². The van der Waals surface area contributed by atoms with E-state index < -0.39 is 6.29 Å². The Balaban J connectivity index is 1.48. The van der Waals surface area contributed by atoms with Crippen molar-refractivity contribution in [3.63, 3.8) is 0 Å². The van der Waals surface area contributed by atoms with Gasteiger partial charge in [-0.25, -0.2) is 0 Å². The zero-order chi connectivity index (χ0) is 28.9. The van der Waals surface area contributed by atoms with E-state index in [4.69, 9.17) is 16.4 Å². The maximum Gasteiger partial charge on any atom is 0.221 e. The number of carbonyl (C=O) groups excluding carboxylic acids is 2. The van der Waals surface area contributed by atoms with Crippen LogP contribution in [-0.2, 0) is 11.4 Å². The molecule has 0 fully saturated rings. The molecule has 0 amide bonds.